The summed E-state index contributed by atoms with van der Waals surface area (Å²) in [4.78, 5) is 0. The zero-order valence-corrected chi connectivity index (χ0v) is 12.4. The fourth-order valence-corrected chi connectivity index (χ4v) is 3.35. The molecule has 0 spiro atoms. The Bertz CT molecular complexity index is 442. The number of methoxy groups -OCH3 is 1. The maximum absolute atomic E-state index is 14.2. The van der Waals surface area contributed by atoms with Crippen molar-refractivity contribution in [2.24, 2.45) is 5.84 Å². The van der Waals surface area contributed by atoms with Gasteiger partial charge in [0, 0.05) is 12.7 Å². The highest BCUT2D eigenvalue weighted by Gasteiger charge is 2.40. The van der Waals surface area contributed by atoms with E-state index in [0.29, 0.717) is 5.56 Å². The van der Waals surface area contributed by atoms with Crippen LogP contribution in [0.25, 0.3) is 0 Å². The SMILES string of the molecule is COC1(C(NN)c2cc(C)ccc2F)CCCCCC1. The third kappa shape index (κ3) is 3.03. The van der Waals surface area contributed by atoms with Crippen LogP contribution in [0.15, 0.2) is 18.2 Å². The van der Waals surface area contributed by atoms with Gasteiger partial charge in [-0.05, 0) is 25.8 Å². The van der Waals surface area contributed by atoms with Crippen molar-refractivity contribution in [1.82, 2.24) is 5.43 Å². The lowest BCUT2D eigenvalue weighted by Crippen LogP contribution is -2.48. The Kier molecular flexibility index (Phi) is 5.13. The molecular formula is C16H25FN2O. The summed E-state index contributed by atoms with van der Waals surface area (Å²) in [5.74, 6) is 5.55. The van der Waals surface area contributed by atoms with Crippen molar-refractivity contribution in [1.29, 1.82) is 0 Å². The molecule has 1 aromatic carbocycles. The normalized spacial score (nSPS) is 20.4. The van der Waals surface area contributed by atoms with E-state index in [1.54, 1.807) is 13.2 Å². The minimum atomic E-state index is -0.417. The van der Waals surface area contributed by atoms with Crippen molar-refractivity contribution in [2.75, 3.05) is 7.11 Å². The molecule has 2 rings (SSSR count). The van der Waals surface area contributed by atoms with Crippen LogP contribution in [0.2, 0.25) is 0 Å². The summed E-state index contributed by atoms with van der Waals surface area (Å²) in [7, 11) is 1.71. The van der Waals surface area contributed by atoms with Gasteiger partial charge in [-0.3, -0.25) is 5.84 Å². The Morgan fingerprint density at radius 3 is 2.45 bits per heavy atom. The monoisotopic (exact) mass is 280 g/mol. The second kappa shape index (κ2) is 6.66. The van der Waals surface area contributed by atoms with Gasteiger partial charge in [-0.2, -0.15) is 0 Å². The van der Waals surface area contributed by atoms with Gasteiger partial charge in [-0.15, -0.1) is 0 Å². The number of aryl methyl sites for hydroxylation is 1. The number of hydrogen-bond acceptors (Lipinski definition) is 3. The molecule has 1 unspecified atom stereocenters. The minimum absolute atomic E-state index is 0.223. The van der Waals surface area contributed by atoms with Crippen LogP contribution in [0.4, 0.5) is 4.39 Å². The first-order chi connectivity index (χ1) is 9.63. The number of halogens is 1. The molecule has 0 amide bonds. The van der Waals surface area contributed by atoms with Crippen LogP contribution in [-0.2, 0) is 4.74 Å². The van der Waals surface area contributed by atoms with Gasteiger partial charge in [0.05, 0.1) is 11.6 Å². The Morgan fingerprint density at radius 1 is 1.25 bits per heavy atom. The van der Waals surface area contributed by atoms with E-state index in [2.05, 4.69) is 5.43 Å². The molecule has 3 nitrogen and oxygen atoms in total. The van der Waals surface area contributed by atoms with Crippen LogP contribution in [0.1, 0.15) is 55.7 Å². The Hall–Kier alpha value is -0.970. The Labute approximate surface area is 120 Å². The first-order valence-corrected chi connectivity index (χ1v) is 7.40. The molecule has 1 atom stereocenters. The average Bonchev–Trinajstić information content (AvgIpc) is 2.70. The van der Waals surface area contributed by atoms with Crippen LogP contribution in [0.5, 0.6) is 0 Å². The number of benzene rings is 1. The molecule has 3 N–H and O–H groups in total. The molecule has 1 aromatic rings. The largest absolute Gasteiger partial charge is 0.376 e. The summed E-state index contributed by atoms with van der Waals surface area (Å²) in [6.45, 7) is 1.96. The molecule has 20 heavy (non-hydrogen) atoms. The summed E-state index contributed by atoms with van der Waals surface area (Å²) >= 11 is 0. The predicted molar refractivity (Wildman–Crippen MR) is 78.6 cm³/mol. The quantitative estimate of drug-likeness (QED) is 0.505. The number of hydrazine groups is 1. The van der Waals surface area contributed by atoms with E-state index >= 15 is 0 Å². The van der Waals surface area contributed by atoms with Crippen molar-refractivity contribution in [3.05, 3.63) is 35.1 Å². The molecule has 0 aliphatic heterocycles. The molecule has 1 aliphatic carbocycles. The number of nitrogens with one attached hydrogen (secondary N) is 1. The smallest absolute Gasteiger partial charge is 0.128 e. The highest BCUT2D eigenvalue weighted by Crippen LogP contribution is 2.40. The zero-order valence-electron chi connectivity index (χ0n) is 12.4. The first-order valence-electron chi connectivity index (χ1n) is 7.40. The van der Waals surface area contributed by atoms with Crippen molar-refractivity contribution in [3.8, 4) is 0 Å². The van der Waals surface area contributed by atoms with Crippen LogP contribution in [0.3, 0.4) is 0 Å². The molecule has 4 heteroatoms. The van der Waals surface area contributed by atoms with E-state index in [-0.39, 0.29) is 11.9 Å². The van der Waals surface area contributed by atoms with Crippen LogP contribution in [0, 0.1) is 12.7 Å². The third-order valence-corrected chi connectivity index (χ3v) is 4.51. The Balaban J connectivity index is 2.40. The van der Waals surface area contributed by atoms with Crippen LogP contribution < -0.4 is 11.3 Å². The fourth-order valence-electron chi connectivity index (χ4n) is 3.35. The topological polar surface area (TPSA) is 47.3 Å². The summed E-state index contributed by atoms with van der Waals surface area (Å²) < 4.78 is 20.1. The second-order valence-electron chi connectivity index (χ2n) is 5.81. The van der Waals surface area contributed by atoms with Gasteiger partial charge in [-0.1, -0.05) is 43.4 Å². The standard InChI is InChI=1S/C16H25FN2O/c1-12-7-8-14(17)13(11-12)15(19-18)16(20-2)9-5-3-4-6-10-16/h7-8,11,15,19H,3-6,9-10,18H2,1-2H3. The Morgan fingerprint density at radius 2 is 1.90 bits per heavy atom. The number of rotatable bonds is 4. The lowest BCUT2D eigenvalue weighted by molar-refractivity contribution is -0.0549. The van der Waals surface area contributed by atoms with Crippen molar-refractivity contribution < 1.29 is 9.13 Å². The van der Waals surface area contributed by atoms with E-state index in [9.17, 15) is 4.39 Å². The van der Waals surface area contributed by atoms with E-state index in [1.165, 1.54) is 18.9 Å². The third-order valence-electron chi connectivity index (χ3n) is 4.51. The lowest BCUT2D eigenvalue weighted by Gasteiger charge is -2.39. The van der Waals surface area contributed by atoms with Gasteiger partial charge >= 0.3 is 0 Å². The highest BCUT2D eigenvalue weighted by molar-refractivity contribution is 5.29. The summed E-state index contributed by atoms with van der Waals surface area (Å²) in [6, 6.07) is 4.84. The zero-order chi connectivity index (χ0) is 14.6. The molecule has 0 saturated heterocycles. The van der Waals surface area contributed by atoms with E-state index in [0.717, 1.165) is 31.2 Å². The fraction of sp³-hybridized carbons (Fsp3) is 0.625. The highest BCUT2D eigenvalue weighted by atomic mass is 19.1. The molecule has 1 saturated carbocycles. The number of nitrogens with two attached hydrogens (primary N) is 1. The van der Waals surface area contributed by atoms with Crippen molar-refractivity contribution in [2.45, 2.75) is 57.1 Å². The molecular weight excluding hydrogens is 255 g/mol. The van der Waals surface area contributed by atoms with E-state index in [1.807, 2.05) is 13.0 Å². The minimum Gasteiger partial charge on any atom is -0.376 e. The van der Waals surface area contributed by atoms with Gasteiger partial charge in [0.1, 0.15) is 5.82 Å². The van der Waals surface area contributed by atoms with Gasteiger partial charge in [-0.25, -0.2) is 9.82 Å². The molecule has 0 aromatic heterocycles. The number of ether oxygens (including phenoxy) is 1. The van der Waals surface area contributed by atoms with Gasteiger partial charge in [0.2, 0.25) is 0 Å². The van der Waals surface area contributed by atoms with Crippen LogP contribution in [-0.4, -0.2) is 12.7 Å². The molecule has 1 aliphatic rings. The van der Waals surface area contributed by atoms with Gasteiger partial charge < -0.3 is 4.74 Å². The molecule has 112 valence electrons. The maximum atomic E-state index is 14.2. The summed E-state index contributed by atoms with van der Waals surface area (Å²) in [5.41, 5.74) is 4.03. The molecule has 0 heterocycles. The van der Waals surface area contributed by atoms with Gasteiger partial charge in [0.15, 0.2) is 0 Å². The van der Waals surface area contributed by atoms with Crippen molar-refractivity contribution >= 4 is 0 Å². The summed E-state index contributed by atoms with van der Waals surface area (Å²) in [6.07, 6.45) is 6.42. The predicted octanol–water partition coefficient (Wildman–Crippen LogP) is 3.38. The molecule has 0 bridgehead atoms. The second-order valence-corrected chi connectivity index (χ2v) is 5.81. The molecule has 1 fully saturated rings. The van der Waals surface area contributed by atoms with E-state index in [4.69, 9.17) is 10.6 Å². The van der Waals surface area contributed by atoms with Crippen LogP contribution >= 0.6 is 0 Å². The first kappa shape index (κ1) is 15.4. The number of hydrogen-bond donors (Lipinski definition) is 2. The molecule has 0 radical (unpaired) electrons. The van der Waals surface area contributed by atoms with Crippen molar-refractivity contribution in [3.63, 3.8) is 0 Å². The summed E-state index contributed by atoms with van der Waals surface area (Å²) in [5, 5.41) is 0. The average molecular weight is 280 g/mol. The maximum Gasteiger partial charge on any atom is 0.128 e. The van der Waals surface area contributed by atoms with Gasteiger partial charge in [0.25, 0.3) is 0 Å². The van der Waals surface area contributed by atoms with E-state index < -0.39 is 5.60 Å². The lowest BCUT2D eigenvalue weighted by atomic mass is 9.82.